The number of ether oxygens (including phenoxy) is 3. The van der Waals surface area contributed by atoms with Gasteiger partial charge in [0.25, 0.3) is 0 Å². The standard InChI is InChI=1S/C20H16F4O5/c1-2-27-17(25)12-5-13-3-8-15(9-4-13)28-18(26)14-6-10-16(11-7-14)29-20(23,24)19(21)22/h3-12,19H,2H2,1H3/b12-5+. The molecule has 0 N–H and O–H groups in total. The van der Waals surface area contributed by atoms with Crippen molar-refractivity contribution in [3.8, 4) is 11.5 Å². The molecule has 0 spiro atoms. The van der Waals surface area contributed by atoms with Crippen LogP contribution in [0.2, 0.25) is 0 Å². The Balaban J connectivity index is 1.97. The Morgan fingerprint density at radius 3 is 2.14 bits per heavy atom. The monoisotopic (exact) mass is 412 g/mol. The molecule has 0 aliphatic rings. The molecule has 29 heavy (non-hydrogen) atoms. The number of esters is 2. The van der Waals surface area contributed by atoms with Crippen LogP contribution in [0.25, 0.3) is 6.08 Å². The molecule has 0 bridgehead atoms. The van der Waals surface area contributed by atoms with E-state index in [1.807, 2.05) is 0 Å². The molecule has 0 aliphatic carbocycles. The van der Waals surface area contributed by atoms with E-state index in [1.165, 1.54) is 24.3 Å². The van der Waals surface area contributed by atoms with Crippen LogP contribution in [0.3, 0.4) is 0 Å². The van der Waals surface area contributed by atoms with Gasteiger partial charge < -0.3 is 14.2 Å². The van der Waals surface area contributed by atoms with Crippen molar-refractivity contribution < 1.29 is 41.4 Å². The normalized spacial score (nSPS) is 11.5. The van der Waals surface area contributed by atoms with E-state index in [2.05, 4.69) is 4.74 Å². The molecule has 0 atom stereocenters. The van der Waals surface area contributed by atoms with Crippen LogP contribution < -0.4 is 9.47 Å². The molecule has 0 heterocycles. The second-order valence-electron chi connectivity index (χ2n) is 5.53. The number of rotatable bonds is 8. The van der Waals surface area contributed by atoms with Gasteiger partial charge in [-0.15, -0.1) is 0 Å². The summed E-state index contributed by atoms with van der Waals surface area (Å²) < 4.78 is 63.8. The van der Waals surface area contributed by atoms with E-state index in [-0.39, 0.29) is 17.9 Å². The number of alkyl halides is 4. The van der Waals surface area contributed by atoms with Crippen LogP contribution in [0.1, 0.15) is 22.8 Å². The summed E-state index contributed by atoms with van der Waals surface area (Å²) >= 11 is 0. The number of carbonyl (C=O) groups excluding carboxylic acids is 2. The largest absolute Gasteiger partial charge is 0.463 e. The molecule has 5 nitrogen and oxygen atoms in total. The maximum atomic E-state index is 12.9. The summed E-state index contributed by atoms with van der Waals surface area (Å²) in [7, 11) is 0. The fourth-order valence-corrected chi connectivity index (χ4v) is 2.03. The smallest absolute Gasteiger partial charge is 0.461 e. The van der Waals surface area contributed by atoms with Crippen molar-refractivity contribution in [1.29, 1.82) is 0 Å². The van der Waals surface area contributed by atoms with Crippen LogP contribution in [0.5, 0.6) is 11.5 Å². The molecule has 9 heteroatoms. The van der Waals surface area contributed by atoms with Gasteiger partial charge in [-0.3, -0.25) is 0 Å². The molecule has 2 aromatic rings. The fourth-order valence-electron chi connectivity index (χ4n) is 2.03. The lowest BCUT2D eigenvalue weighted by atomic mass is 10.2. The zero-order valence-corrected chi connectivity index (χ0v) is 15.1. The Hall–Kier alpha value is -3.36. The summed E-state index contributed by atoms with van der Waals surface area (Å²) in [4.78, 5) is 23.3. The van der Waals surface area contributed by atoms with E-state index in [0.29, 0.717) is 5.56 Å². The topological polar surface area (TPSA) is 61.8 Å². The summed E-state index contributed by atoms with van der Waals surface area (Å²) in [5, 5.41) is 0. The second-order valence-corrected chi connectivity index (χ2v) is 5.53. The first-order valence-electron chi connectivity index (χ1n) is 8.33. The predicted molar refractivity (Wildman–Crippen MR) is 95.1 cm³/mol. The SMILES string of the molecule is CCOC(=O)/C=C/c1ccc(OC(=O)c2ccc(OC(F)(F)C(F)F)cc2)cc1. The number of hydrogen-bond acceptors (Lipinski definition) is 5. The van der Waals surface area contributed by atoms with Crippen LogP contribution in [0.4, 0.5) is 17.6 Å². The molecule has 2 rings (SSSR count). The lowest BCUT2D eigenvalue weighted by Crippen LogP contribution is -2.33. The van der Waals surface area contributed by atoms with Crippen molar-refractivity contribution in [3.63, 3.8) is 0 Å². The maximum absolute atomic E-state index is 12.9. The highest BCUT2D eigenvalue weighted by molar-refractivity contribution is 5.91. The highest BCUT2D eigenvalue weighted by Gasteiger charge is 2.43. The molecule has 0 saturated heterocycles. The van der Waals surface area contributed by atoms with Gasteiger partial charge in [0.15, 0.2) is 0 Å². The van der Waals surface area contributed by atoms with E-state index in [1.54, 1.807) is 19.1 Å². The minimum atomic E-state index is -4.63. The third-order valence-electron chi connectivity index (χ3n) is 3.39. The summed E-state index contributed by atoms with van der Waals surface area (Å²) in [6.07, 6.45) is -5.84. The van der Waals surface area contributed by atoms with E-state index in [9.17, 15) is 27.2 Å². The van der Waals surface area contributed by atoms with Crippen LogP contribution in [-0.2, 0) is 9.53 Å². The molecule has 154 valence electrons. The molecule has 0 saturated carbocycles. The molecular weight excluding hydrogens is 396 g/mol. The van der Waals surface area contributed by atoms with E-state index < -0.39 is 30.2 Å². The van der Waals surface area contributed by atoms with Crippen LogP contribution in [0.15, 0.2) is 54.6 Å². The Morgan fingerprint density at radius 1 is 1.00 bits per heavy atom. The van der Waals surface area contributed by atoms with Crippen molar-refractivity contribution in [2.45, 2.75) is 19.5 Å². The molecule has 0 aromatic heterocycles. The predicted octanol–water partition coefficient (Wildman–Crippen LogP) is 4.72. The summed E-state index contributed by atoms with van der Waals surface area (Å²) in [6, 6.07) is 10.3. The summed E-state index contributed by atoms with van der Waals surface area (Å²) in [6.45, 7) is 1.95. The van der Waals surface area contributed by atoms with Crippen molar-refractivity contribution in [2.75, 3.05) is 6.61 Å². The zero-order valence-electron chi connectivity index (χ0n) is 15.1. The molecule has 0 amide bonds. The highest BCUT2D eigenvalue weighted by atomic mass is 19.3. The first-order chi connectivity index (χ1) is 13.7. The number of carbonyl (C=O) groups is 2. The van der Waals surface area contributed by atoms with Gasteiger partial charge in [0.05, 0.1) is 12.2 Å². The minimum absolute atomic E-state index is 0.00370. The first-order valence-corrected chi connectivity index (χ1v) is 8.33. The average Bonchev–Trinajstić information content (AvgIpc) is 2.68. The lowest BCUT2D eigenvalue weighted by Gasteiger charge is -2.16. The average molecular weight is 412 g/mol. The van der Waals surface area contributed by atoms with Gasteiger partial charge in [0.1, 0.15) is 11.5 Å². The van der Waals surface area contributed by atoms with Gasteiger partial charge in [-0.05, 0) is 55.0 Å². The fraction of sp³-hybridized carbons (Fsp3) is 0.200. The van der Waals surface area contributed by atoms with Crippen LogP contribution >= 0.6 is 0 Å². The quantitative estimate of drug-likeness (QED) is 0.272. The molecule has 0 aliphatic heterocycles. The third-order valence-corrected chi connectivity index (χ3v) is 3.39. The Kier molecular flexibility index (Phi) is 7.35. The molecule has 0 unspecified atom stereocenters. The van der Waals surface area contributed by atoms with Gasteiger partial charge >= 0.3 is 24.5 Å². The lowest BCUT2D eigenvalue weighted by molar-refractivity contribution is -0.253. The Morgan fingerprint density at radius 2 is 1.59 bits per heavy atom. The maximum Gasteiger partial charge on any atom is 0.461 e. The minimum Gasteiger partial charge on any atom is -0.463 e. The molecule has 2 aromatic carbocycles. The number of benzene rings is 2. The van der Waals surface area contributed by atoms with Gasteiger partial charge in [0.2, 0.25) is 0 Å². The molecule has 0 radical (unpaired) electrons. The Labute approximate surface area is 163 Å². The second kappa shape index (κ2) is 9.72. The van der Waals surface area contributed by atoms with E-state index in [0.717, 1.165) is 24.3 Å². The molecular formula is C20H16F4O5. The van der Waals surface area contributed by atoms with Crippen molar-refractivity contribution in [3.05, 3.63) is 65.7 Å². The number of halogens is 4. The third kappa shape index (κ3) is 6.63. The van der Waals surface area contributed by atoms with Crippen molar-refractivity contribution >= 4 is 18.0 Å². The number of hydrogen-bond donors (Lipinski definition) is 0. The summed E-state index contributed by atoms with van der Waals surface area (Å²) in [5.41, 5.74) is 0.670. The first kappa shape index (κ1) is 21.9. The van der Waals surface area contributed by atoms with Gasteiger partial charge in [-0.2, -0.15) is 17.6 Å². The molecule has 0 fully saturated rings. The zero-order chi connectivity index (χ0) is 21.4. The van der Waals surface area contributed by atoms with Crippen molar-refractivity contribution in [2.24, 2.45) is 0 Å². The van der Waals surface area contributed by atoms with Crippen LogP contribution in [0, 0.1) is 0 Å². The van der Waals surface area contributed by atoms with Crippen molar-refractivity contribution in [1.82, 2.24) is 0 Å². The van der Waals surface area contributed by atoms with Gasteiger partial charge in [0, 0.05) is 6.08 Å². The van der Waals surface area contributed by atoms with Crippen LogP contribution in [-0.4, -0.2) is 31.1 Å². The van der Waals surface area contributed by atoms with E-state index in [4.69, 9.17) is 9.47 Å². The van der Waals surface area contributed by atoms with Gasteiger partial charge in [-0.25, -0.2) is 9.59 Å². The highest BCUT2D eigenvalue weighted by Crippen LogP contribution is 2.27. The van der Waals surface area contributed by atoms with Gasteiger partial charge in [-0.1, -0.05) is 12.1 Å². The van der Waals surface area contributed by atoms with E-state index >= 15 is 0 Å². The Bertz CT molecular complexity index is 861. The summed E-state index contributed by atoms with van der Waals surface area (Å²) in [5.74, 6) is -1.59.